The monoisotopic (exact) mass is 344 g/mol. The zero-order valence-corrected chi connectivity index (χ0v) is 14.0. The Labute approximate surface area is 135 Å². The van der Waals surface area contributed by atoms with E-state index in [-0.39, 0.29) is 31.4 Å². The molecule has 0 bridgehead atoms. The Balaban J connectivity index is 1.91. The van der Waals surface area contributed by atoms with Gasteiger partial charge < -0.3 is 10.1 Å². The fraction of sp³-hybridized carbons (Fsp3) is 0.533. The van der Waals surface area contributed by atoms with Crippen LogP contribution in [0, 0.1) is 5.82 Å². The molecule has 1 amide bonds. The third-order valence-electron chi connectivity index (χ3n) is 3.78. The first kappa shape index (κ1) is 17.8. The Morgan fingerprint density at radius 3 is 2.87 bits per heavy atom. The Bertz CT molecular complexity index is 680. The number of nitrogens with one attached hydrogen (secondary N) is 1. The molecule has 8 heteroatoms. The van der Waals surface area contributed by atoms with Crippen LogP contribution in [-0.2, 0) is 26.0 Å². The van der Waals surface area contributed by atoms with Gasteiger partial charge in [0.15, 0.2) is 5.60 Å². The van der Waals surface area contributed by atoms with Crippen molar-refractivity contribution in [2.75, 3.05) is 32.5 Å². The van der Waals surface area contributed by atoms with E-state index < -0.39 is 15.6 Å². The molecule has 0 radical (unpaired) electrons. The summed E-state index contributed by atoms with van der Waals surface area (Å²) in [7, 11) is -3.37. The molecule has 23 heavy (non-hydrogen) atoms. The van der Waals surface area contributed by atoms with Crippen molar-refractivity contribution in [3.63, 3.8) is 0 Å². The Kier molecular flexibility index (Phi) is 5.38. The molecule has 1 aliphatic heterocycles. The Morgan fingerprint density at radius 1 is 1.48 bits per heavy atom. The molecule has 1 heterocycles. The number of hydrogen-bond acceptors (Lipinski definition) is 4. The fourth-order valence-electron chi connectivity index (χ4n) is 2.45. The van der Waals surface area contributed by atoms with E-state index in [2.05, 4.69) is 5.32 Å². The molecule has 1 fully saturated rings. The van der Waals surface area contributed by atoms with Gasteiger partial charge in [-0.25, -0.2) is 12.8 Å². The van der Waals surface area contributed by atoms with Crippen LogP contribution in [0.1, 0.15) is 12.5 Å². The highest BCUT2D eigenvalue weighted by Gasteiger charge is 2.41. The minimum Gasteiger partial charge on any atom is -0.363 e. The SMILES string of the molecule is CC1(C(=O)NCCc2cccc(F)c2)CN(S(C)(=O)=O)CCO1. The van der Waals surface area contributed by atoms with Gasteiger partial charge in [0, 0.05) is 13.1 Å². The molecule has 1 atom stereocenters. The lowest BCUT2D eigenvalue weighted by Crippen LogP contribution is -2.59. The third-order valence-corrected chi connectivity index (χ3v) is 5.03. The highest BCUT2D eigenvalue weighted by atomic mass is 32.2. The summed E-state index contributed by atoms with van der Waals surface area (Å²) in [5.41, 5.74) is -0.443. The van der Waals surface area contributed by atoms with Gasteiger partial charge in [0.1, 0.15) is 5.82 Å². The van der Waals surface area contributed by atoms with Gasteiger partial charge in [-0.3, -0.25) is 4.79 Å². The molecule has 2 rings (SSSR count). The first-order chi connectivity index (χ1) is 10.7. The van der Waals surface area contributed by atoms with Crippen LogP contribution in [0.3, 0.4) is 0 Å². The topological polar surface area (TPSA) is 75.7 Å². The van der Waals surface area contributed by atoms with Crippen LogP contribution in [0.4, 0.5) is 4.39 Å². The van der Waals surface area contributed by atoms with E-state index in [9.17, 15) is 17.6 Å². The van der Waals surface area contributed by atoms with Crippen LogP contribution in [0.5, 0.6) is 0 Å². The zero-order valence-electron chi connectivity index (χ0n) is 13.2. The number of morpholine rings is 1. The van der Waals surface area contributed by atoms with E-state index in [0.717, 1.165) is 11.8 Å². The molecule has 0 aromatic heterocycles. The van der Waals surface area contributed by atoms with E-state index in [4.69, 9.17) is 4.74 Å². The summed E-state index contributed by atoms with van der Waals surface area (Å²) in [5.74, 6) is -0.692. The highest BCUT2D eigenvalue weighted by molar-refractivity contribution is 7.88. The molecule has 0 aliphatic carbocycles. The second kappa shape index (κ2) is 6.94. The molecule has 0 spiro atoms. The number of rotatable bonds is 5. The molecule has 1 N–H and O–H groups in total. The van der Waals surface area contributed by atoms with Crippen LogP contribution in [-0.4, -0.2) is 56.7 Å². The molecule has 1 aliphatic rings. The minimum absolute atomic E-state index is 0.0162. The second-order valence-corrected chi connectivity index (χ2v) is 7.79. The van der Waals surface area contributed by atoms with Crippen LogP contribution >= 0.6 is 0 Å². The average molecular weight is 344 g/mol. The largest absolute Gasteiger partial charge is 0.363 e. The van der Waals surface area contributed by atoms with Gasteiger partial charge in [0.2, 0.25) is 10.0 Å². The summed E-state index contributed by atoms with van der Waals surface area (Å²) in [6.07, 6.45) is 1.59. The Morgan fingerprint density at radius 2 is 2.22 bits per heavy atom. The van der Waals surface area contributed by atoms with E-state index in [1.807, 2.05) is 0 Å². The standard InChI is InChI=1S/C15H21FN2O4S/c1-15(11-18(8-9-22-15)23(2,20)21)14(19)17-7-6-12-4-3-5-13(16)10-12/h3-5,10H,6-9,11H2,1-2H3,(H,17,19). The summed E-state index contributed by atoms with van der Waals surface area (Å²) in [4.78, 5) is 12.3. The smallest absolute Gasteiger partial charge is 0.253 e. The summed E-state index contributed by atoms with van der Waals surface area (Å²) >= 11 is 0. The van der Waals surface area contributed by atoms with Gasteiger partial charge in [0.25, 0.3) is 5.91 Å². The predicted molar refractivity (Wildman–Crippen MR) is 83.9 cm³/mol. The van der Waals surface area contributed by atoms with E-state index >= 15 is 0 Å². The molecule has 1 aromatic rings. The predicted octanol–water partition coefficient (Wildman–Crippen LogP) is 0.535. The van der Waals surface area contributed by atoms with Gasteiger partial charge >= 0.3 is 0 Å². The summed E-state index contributed by atoms with van der Waals surface area (Å²) < 4.78 is 43.1. The number of amides is 1. The normalized spacial score (nSPS) is 22.7. The molecular weight excluding hydrogens is 323 g/mol. The molecule has 1 unspecified atom stereocenters. The van der Waals surface area contributed by atoms with Gasteiger partial charge in [-0.2, -0.15) is 4.31 Å². The Hall–Kier alpha value is -1.51. The summed E-state index contributed by atoms with van der Waals surface area (Å²) in [5, 5.41) is 2.72. The first-order valence-electron chi connectivity index (χ1n) is 7.32. The van der Waals surface area contributed by atoms with E-state index in [1.165, 1.54) is 16.4 Å². The molecular formula is C15H21FN2O4S. The van der Waals surface area contributed by atoms with Crippen LogP contribution in [0.25, 0.3) is 0 Å². The fourth-order valence-corrected chi connectivity index (χ4v) is 3.34. The molecule has 0 saturated carbocycles. The maximum atomic E-state index is 13.1. The number of sulfonamides is 1. The number of carbonyl (C=O) groups excluding carboxylic acids is 1. The second-order valence-electron chi connectivity index (χ2n) is 5.81. The number of ether oxygens (including phenoxy) is 1. The third kappa shape index (κ3) is 4.73. The summed E-state index contributed by atoms with van der Waals surface area (Å²) in [6.45, 7) is 2.28. The summed E-state index contributed by atoms with van der Waals surface area (Å²) in [6, 6.07) is 6.16. The molecule has 1 saturated heterocycles. The van der Waals surface area contributed by atoms with Gasteiger partial charge in [-0.15, -0.1) is 0 Å². The quantitative estimate of drug-likeness (QED) is 0.846. The molecule has 128 valence electrons. The lowest BCUT2D eigenvalue weighted by molar-refractivity contribution is -0.152. The van der Waals surface area contributed by atoms with Crippen LogP contribution < -0.4 is 5.32 Å². The van der Waals surface area contributed by atoms with E-state index in [0.29, 0.717) is 13.0 Å². The maximum absolute atomic E-state index is 13.1. The zero-order chi connectivity index (χ0) is 17.1. The molecule has 6 nitrogen and oxygen atoms in total. The van der Waals surface area contributed by atoms with Crippen molar-refractivity contribution in [1.82, 2.24) is 9.62 Å². The van der Waals surface area contributed by atoms with Gasteiger partial charge in [0.05, 0.1) is 19.4 Å². The number of halogens is 1. The van der Waals surface area contributed by atoms with Crippen molar-refractivity contribution >= 4 is 15.9 Å². The van der Waals surface area contributed by atoms with E-state index in [1.54, 1.807) is 19.1 Å². The van der Waals surface area contributed by atoms with Crippen molar-refractivity contribution in [2.45, 2.75) is 18.9 Å². The van der Waals surface area contributed by atoms with Crippen LogP contribution in [0.15, 0.2) is 24.3 Å². The van der Waals surface area contributed by atoms with Crippen LogP contribution in [0.2, 0.25) is 0 Å². The number of hydrogen-bond donors (Lipinski definition) is 1. The lowest BCUT2D eigenvalue weighted by atomic mass is 10.0. The lowest BCUT2D eigenvalue weighted by Gasteiger charge is -2.37. The van der Waals surface area contributed by atoms with Crippen molar-refractivity contribution in [1.29, 1.82) is 0 Å². The number of carbonyl (C=O) groups is 1. The number of nitrogens with zero attached hydrogens (tertiary/aromatic N) is 1. The maximum Gasteiger partial charge on any atom is 0.253 e. The van der Waals surface area contributed by atoms with Crippen molar-refractivity contribution in [3.8, 4) is 0 Å². The van der Waals surface area contributed by atoms with Gasteiger partial charge in [-0.1, -0.05) is 12.1 Å². The minimum atomic E-state index is -3.37. The van der Waals surface area contributed by atoms with Crippen molar-refractivity contribution in [3.05, 3.63) is 35.6 Å². The van der Waals surface area contributed by atoms with Gasteiger partial charge in [-0.05, 0) is 31.0 Å². The number of benzene rings is 1. The highest BCUT2D eigenvalue weighted by Crippen LogP contribution is 2.19. The molecule has 1 aromatic carbocycles. The first-order valence-corrected chi connectivity index (χ1v) is 9.17. The van der Waals surface area contributed by atoms with Crippen molar-refractivity contribution in [2.24, 2.45) is 0 Å². The van der Waals surface area contributed by atoms with Crippen molar-refractivity contribution < 1.29 is 22.3 Å². The average Bonchev–Trinajstić information content (AvgIpc) is 2.46.